The molecule has 0 saturated heterocycles. The lowest BCUT2D eigenvalue weighted by molar-refractivity contribution is -0.138. The summed E-state index contributed by atoms with van der Waals surface area (Å²) in [5.74, 6) is -4.55. The molecule has 0 atom stereocenters. The minimum atomic E-state index is -4.39. The van der Waals surface area contributed by atoms with Gasteiger partial charge in [-0.3, -0.25) is 0 Å². The smallest absolute Gasteiger partial charge is 0.350 e. The number of phenols is 1. The first-order valence-corrected chi connectivity index (χ1v) is 7.01. The second kappa shape index (κ2) is 5.99. The Bertz CT molecular complexity index is 847. The van der Waals surface area contributed by atoms with Crippen LogP contribution in [0.2, 0.25) is 0 Å². The number of phenolic OH excluding ortho intramolecular Hbond substituents is 1. The predicted octanol–water partition coefficient (Wildman–Crippen LogP) is 4.60. The largest absolute Gasteiger partial charge is 0.507 e. The highest BCUT2D eigenvalue weighted by Gasteiger charge is 2.45. The van der Waals surface area contributed by atoms with E-state index in [4.69, 9.17) is 0 Å². The van der Waals surface area contributed by atoms with Gasteiger partial charge >= 0.3 is 12.3 Å². The fraction of sp³-hybridized carbons (Fsp3) is 0.118. The minimum Gasteiger partial charge on any atom is -0.507 e. The fourth-order valence-electron chi connectivity index (χ4n) is 2.30. The Morgan fingerprint density at radius 3 is 2.21 bits per heavy atom. The zero-order chi connectivity index (χ0) is 17.3. The summed E-state index contributed by atoms with van der Waals surface area (Å²) in [6, 6.07) is 15.2. The number of alkyl halides is 4. The first-order valence-electron chi connectivity index (χ1n) is 7.01. The molecule has 7 heteroatoms. The molecule has 1 heterocycles. The summed E-state index contributed by atoms with van der Waals surface area (Å²) in [6.07, 6.45) is -3.88. The van der Waals surface area contributed by atoms with Crippen molar-refractivity contribution in [3.63, 3.8) is 0 Å². The van der Waals surface area contributed by atoms with Crippen molar-refractivity contribution in [2.45, 2.75) is 12.3 Å². The Morgan fingerprint density at radius 1 is 0.958 bits per heavy atom. The third kappa shape index (κ3) is 2.73. The molecule has 3 nitrogen and oxygen atoms in total. The standard InChI is InChI=1S/C17H12F4N2O/c18-16(19)17(20,21)15-10-13(12-8-4-5-9-14(12)24)23(22-15)11-6-2-1-3-7-11/h1-10,16,24H. The number of rotatable bonds is 4. The van der Waals surface area contributed by atoms with E-state index >= 15 is 0 Å². The van der Waals surface area contributed by atoms with E-state index in [9.17, 15) is 22.7 Å². The van der Waals surface area contributed by atoms with Crippen LogP contribution >= 0.6 is 0 Å². The molecule has 0 spiro atoms. The minimum absolute atomic E-state index is 0.0922. The fourth-order valence-corrected chi connectivity index (χ4v) is 2.30. The summed E-state index contributed by atoms with van der Waals surface area (Å²) in [4.78, 5) is 0. The molecule has 2 aromatic carbocycles. The second-order valence-corrected chi connectivity index (χ2v) is 5.10. The highest BCUT2D eigenvalue weighted by molar-refractivity contribution is 5.69. The topological polar surface area (TPSA) is 38.1 Å². The van der Waals surface area contributed by atoms with Gasteiger partial charge < -0.3 is 5.11 Å². The second-order valence-electron chi connectivity index (χ2n) is 5.10. The number of halogens is 4. The summed E-state index contributed by atoms with van der Waals surface area (Å²) >= 11 is 0. The van der Waals surface area contributed by atoms with E-state index in [-0.39, 0.29) is 17.0 Å². The molecule has 0 bridgehead atoms. The Labute approximate surface area is 134 Å². The molecule has 124 valence electrons. The Balaban J connectivity index is 2.24. The third-order valence-electron chi connectivity index (χ3n) is 3.51. The molecule has 0 radical (unpaired) electrons. The number of aromatic nitrogens is 2. The van der Waals surface area contributed by atoms with Gasteiger partial charge in [0, 0.05) is 5.56 Å². The molecule has 3 rings (SSSR count). The zero-order valence-electron chi connectivity index (χ0n) is 12.2. The van der Waals surface area contributed by atoms with Gasteiger partial charge in [-0.25, -0.2) is 13.5 Å². The summed E-state index contributed by atoms with van der Waals surface area (Å²) in [7, 11) is 0. The van der Waals surface area contributed by atoms with Gasteiger partial charge in [0.25, 0.3) is 0 Å². The molecule has 1 aromatic heterocycles. The molecule has 0 saturated carbocycles. The molecule has 0 aliphatic heterocycles. The maximum absolute atomic E-state index is 13.7. The zero-order valence-corrected chi connectivity index (χ0v) is 12.2. The van der Waals surface area contributed by atoms with Crippen molar-refractivity contribution in [2.24, 2.45) is 0 Å². The number of benzene rings is 2. The van der Waals surface area contributed by atoms with Crippen LogP contribution in [0.1, 0.15) is 5.69 Å². The van der Waals surface area contributed by atoms with Gasteiger partial charge in [-0.15, -0.1) is 0 Å². The molecule has 0 unspecified atom stereocenters. The maximum atomic E-state index is 13.7. The van der Waals surface area contributed by atoms with Crippen molar-refractivity contribution in [1.29, 1.82) is 0 Å². The molecule has 1 N–H and O–H groups in total. The van der Waals surface area contributed by atoms with E-state index in [0.29, 0.717) is 5.69 Å². The van der Waals surface area contributed by atoms with Crippen LogP contribution in [0, 0.1) is 0 Å². The highest BCUT2D eigenvalue weighted by atomic mass is 19.3. The van der Waals surface area contributed by atoms with Gasteiger partial charge in [-0.05, 0) is 30.3 Å². The van der Waals surface area contributed by atoms with Crippen LogP contribution < -0.4 is 0 Å². The number of hydrogen-bond acceptors (Lipinski definition) is 2. The molecule has 0 aliphatic rings. The third-order valence-corrected chi connectivity index (χ3v) is 3.51. The van der Waals surface area contributed by atoms with E-state index in [2.05, 4.69) is 5.10 Å². The first-order chi connectivity index (χ1) is 11.4. The maximum Gasteiger partial charge on any atom is 0.350 e. The highest BCUT2D eigenvalue weighted by Crippen LogP contribution is 2.38. The Kier molecular flexibility index (Phi) is 4.01. The van der Waals surface area contributed by atoms with Crippen LogP contribution in [0.3, 0.4) is 0 Å². The van der Waals surface area contributed by atoms with Crippen molar-refractivity contribution in [2.75, 3.05) is 0 Å². The Hall–Kier alpha value is -2.83. The molecule has 3 aromatic rings. The van der Waals surface area contributed by atoms with E-state index < -0.39 is 18.0 Å². The average Bonchev–Trinajstić information content (AvgIpc) is 3.01. The molecular weight excluding hydrogens is 324 g/mol. The summed E-state index contributed by atoms with van der Waals surface area (Å²) < 4.78 is 53.9. The molecular formula is C17H12F4N2O. The van der Waals surface area contributed by atoms with E-state index in [1.165, 1.54) is 12.1 Å². The number of hydrogen-bond donors (Lipinski definition) is 1. The van der Waals surface area contributed by atoms with Gasteiger partial charge in [0.1, 0.15) is 11.4 Å². The van der Waals surface area contributed by atoms with Crippen molar-refractivity contribution >= 4 is 0 Å². The molecule has 24 heavy (non-hydrogen) atoms. The predicted molar refractivity (Wildman–Crippen MR) is 80.6 cm³/mol. The lowest BCUT2D eigenvalue weighted by Crippen LogP contribution is -2.24. The first kappa shape index (κ1) is 16.0. The van der Waals surface area contributed by atoms with E-state index in [0.717, 1.165) is 10.7 Å². The van der Waals surface area contributed by atoms with Gasteiger partial charge in [0.05, 0.1) is 11.4 Å². The van der Waals surface area contributed by atoms with E-state index in [1.807, 2.05) is 0 Å². The summed E-state index contributed by atoms with van der Waals surface area (Å²) in [5, 5.41) is 13.6. The van der Waals surface area contributed by atoms with Crippen molar-refractivity contribution < 1.29 is 22.7 Å². The lowest BCUT2D eigenvalue weighted by Gasteiger charge is -2.11. The monoisotopic (exact) mass is 336 g/mol. The quantitative estimate of drug-likeness (QED) is 0.707. The Morgan fingerprint density at radius 2 is 1.58 bits per heavy atom. The SMILES string of the molecule is Oc1ccccc1-c1cc(C(F)(F)C(F)F)nn1-c1ccccc1. The van der Waals surface area contributed by atoms with Crippen molar-refractivity contribution in [1.82, 2.24) is 9.78 Å². The van der Waals surface area contributed by atoms with Crippen LogP contribution in [0.25, 0.3) is 16.9 Å². The van der Waals surface area contributed by atoms with Crippen LogP contribution in [0.15, 0.2) is 60.7 Å². The summed E-state index contributed by atoms with van der Waals surface area (Å²) in [5.41, 5.74) is -0.341. The van der Waals surface area contributed by atoms with Crippen LogP contribution in [-0.2, 0) is 5.92 Å². The van der Waals surface area contributed by atoms with Crippen molar-refractivity contribution in [3.05, 3.63) is 66.4 Å². The lowest BCUT2D eigenvalue weighted by atomic mass is 10.1. The van der Waals surface area contributed by atoms with Gasteiger partial charge in [0.15, 0.2) is 0 Å². The normalized spacial score (nSPS) is 11.9. The van der Waals surface area contributed by atoms with E-state index in [1.54, 1.807) is 42.5 Å². The van der Waals surface area contributed by atoms with Gasteiger partial charge in [0.2, 0.25) is 0 Å². The van der Waals surface area contributed by atoms with Crippen molar-refractivity contribution in [3.8, 4) is 22.7 Å². The average molecular weight is 336 g/mol. The van der Waals surface area contributed by atoms with Crippen LogP contribution in [0.4, 0.5) is 17.6 Å². The number of nitrogens with zero attached hydrogens (tertiary/aromatic N) is 2. The van der Waals surface area contributed by atoms with Crippen LogP contribution in [-0.4, -0.2) is 21.3 Å². The number of aromatic hydroxyl groups is 1. The molecule has 0 fully saturated rings. The van der Waals surface area contributed by atoms with Crippen LogP contribution in [0.5, 0.6) is 5.75 Å². The summed E-state index contributed by atoms with van der Waals surface area (Å²) in [6.45, 7) is 0. The van der Waals surface area contributed by atoms with Gasteiger partial charge in [-0.1, -0.05) is 30.3 Å². The van der Waals surface area contributed by atoms with Gasteiger partial charge in [-0.2, -0.15) is 13.9 Å². The number of para-hydroxylation sites is 2. The molecule has 0 aliphatic carbocycles. The molecule has 0 amide bonds.